The highest BCUT2D eigenvalue weighted by molar-refractivity contribution is 5.85. The molecular formula is C13H20ClN. The summed E-state index contributed by atoms with van der Waals surface area (Å²) in [6.07, 6.45) is 7.02. The van der Waals surface area contributed by atoms with Crippen molar-refractivity contribution >= 4 is 18.1 Å². The van der Waals surface area contributed by atoms with E-state index in [1.54, 1.807) is 0 Å². The molecule has 0 radical (unpaired) electrons. The molecule has 1 fully saturated rings. The van der Waals surface area contributed by atoms with E-state index >= 15 is 0 Å². The Bertz CT molecular complexity index is 292. The van der Waals surface area contributed by atoms with Gasteiger partial charge >= 0.3 is 0 Å². The molecule has 1 aromatic rings. The predicted molar refractivity (Wildman–Crippen MR) is 69.1 cm³/mol. The molecule has 84 valence electrons. The molecule has 0 bridgehead atoms. The maximum atomic E-state index is 3.21. The zero-order valence-electron chi connectivity index (χ0n) is 9.33. The normalized spacial score (nSPS) is 16.9. The molecule has 2 rings (SSSR count). The summed E-state index contributed by atoms with van der Waals surface area (Å²) in [4.78, 5) is 0. The van der Waals surface area contributed by atoms with E-state index in [-0.39, 0.29) is 12.4 Å². The fourth-order valence-corrected chi connectivity index (χ4v) is 2.38. The Kier molecular flexibility index (Phi) is 4.97. The fraction of sp³-hybridized carbons (Fsp3) is 0.538. The van der Waals surface area contributed by atoms with Crippen LogP contribution in [0.1, 0.15) is 43.6 Å². The molecular weight excluding hydrogens is 206 g/mol. The van der Waals surface area contributed by atoms with Crippen LogP contribution in [-0.2, 0) is 0 Å². The van der Waals surface area contributed by atoms with E-state index in [4.69, 9.17) is 0 Å². The van der Waals surface area contributed by atoms with Crippen LogP contribution in [0.2, 0.25) is 0 Å². The van der Waals surface area contributed by atoms with Gasteiger partial charge < -0.3 is 5.32 Å². The van der Waals surface area contributed by atoms with Gasteiger partial charge in [0.2, 0.25) is 0 Å². The lowest BCUT2D eigenvalue weighted by Crippen LogP contribution is -2.04. The number of halogens is 1. The summed E-state index contributed by atoms with van der Waals surface area (Å²) < 4.78 is 0. The molecule has 1 aliphatic carbocycles. The van der Waals surface area contributed by atoms with Crippen molar-refractivity contribution in [3.63, 3.8) is 0 Å². The predicted octanol–water partition coefficient (Wildman–Crippen LogP) is 4.20. The molecule has 2 heteroatoms. The molecule has 0 unspecified atom stereocenters. The van der Waals surface area contributed by atoms with E-state index in [9.17, 15) is 0 Å². The molecule has 1 N–H and O–H groups in total. The van der Waals surface area contributed by atoms with Crippen LogP contribution in [0.4, 0.5) is 5.69 Å². The smallest absolute Gasteiger partial charge is 0.0340 e. The molecule has 0 amide bonds. The number of hydrogen-bond donors (Lipinski definition) is 1. The SMILES string of the molecule is CNc1cccc(C2CCCCC2)c1.Cl. The number of benzene rings is 1. The van der Waals surface area contributed by atoms with Crippen LogP contribution >= 0.6 is 12.4 Å². The van der Waals surface area contributed by atoms with E-state index < -0.39 is 0 Å². The molecule has 0 heterocycles. The van der Waals surface area contributed by atoms with Gasteiger partial charge in [0.25, 0.3) is 0 Å². The first-order valence-electron chi connectivity index (χ1n) is 5.68. The lowest BCUT2D eigenvalue weighted by atomic mass is 9.84. The van der Waals surface area contributed by atoms with Crippen LogP contribution in [0, 0.1) is 0 Å². The van der Waals surface area contributed by atoms with Gasteiger partial charge in [0, 0.05) is 12.7 Å². The van der Waals surface area contributed by atoms with Crippen molar-refractivity contribution in [3.05, 3.63) is 29.8 Å². The van der Waals surface area contributed by atoms with E-state index in [1.807, 2.05) is 7.05 Å². The minimum atomic E-state index is 0. The summed E-state index contributed by atoms with van der Waals surface area (Å²) in [5.74, 6) is 0.817. The van der Waals surface area contributed by atoms with Gasteiger partial charge in [-0.15, -0.1) is 12.4 Å². The van der Waals surface area contributed by atoms with Crippen molar-refractivity contribution < 1.29 is 0 Å². The number of nitrogens with one attached hydrogen (secondary N) is 1. The first kappa shape index (κ1) is 12.4. The Balaban J connectivity index is 0.00000112. The average Bonchev–Trinajstić information content (AvgIpc) is 2.30. The van der Waals surface area contributed by atoms with E-state index in [0.29, 0.717) is 0 Å². The summed E-state index contributed by atoms with van der Waals surface area (Å²) in [6.45, 7) is 0. The molecule has 1 aromatic carbocycles. The van der Waals surface area contributed by atoms with Gasteiger partial charge in [0.1, 0.15) is 0 Å². The van der Waals surface area contributed by atoms with Gasteiger partial charge in [-0.3, -0.25) is 0 Å². The Morgan fingerprint density at radius 1 is 1.13 bits per heavy atom. The Hall–Kier alpha value is -0.690. The monoisotopic (exact) mass is 225 g/mol. The molecule has 0 saturated heterocycles. The maximum Gasteiger partial charge on any atom is 0.0340 e. The first-order chi connectivity index (χ1) is 6.90. The molecule has 15 heavy (non-hydrogen) atoms. The summed E-state index contributed by atoms with van der Waals surface area (Å²) in [5.41, 5.74) is 2.77. The highest BCUT2D eigenvalue weighted by atomic mass is 35.5. The van der Waals surface area contributed by atoms with Crippen molar-refractivity contribution in [2.45, 2.75) is 38.0 Å². The zero-order valence-corrected chi connectivity index (χ0v) is 10.1. The number of hydrogen-bond acceptors (Lipinski definition) is 1. The standard InChI is InChI=1S/C13H19N.ClH/c1-14-13-9-5-8-12(10-13)11-6-3-2-4-7-11;/h5,8-11,14H,2-4,6-7H2,1H3;1H. The van der Waals surface area contributed by atoms with Crippen molar-refractivity contribution in [3.8, 4) is 0 Å². The van der Waals surface area contributed by atoms with Crippen LogP contribution in [0.15, 0.2) is 24.3 Å². The van der Waals surface area contributed by atoms with Crippen LogP contribution in [0.25, 0.3) is 0 Å². The summed E-state index contributed by atoms with van der Waals surface area (Å²) in [7, 11) is 1.99. The van der Waals surface area contributed by atoms with Crippen LogP contribution < -0.4 is 5.32 Å². The Morgan fingerprint density at radius 2 is 1.87 bits per heavy atom. The minimum absolute atomic E-state index is 0. The highest BCUT2D eigenvalue weighted by Gasteiger charge is 2.15. The third-order valence-electron chi connectivity index (χ3n) is 3.25. The molecule has 0 aliphatic heterocycles. The molecule has 0 aromatic heterocycles. The van der Waals surface area contributed by atoms with E-state index in [1.165, 1.54) is 43.4 Å². The topological polar surface area (TPSA) is 12.0 Å². The van der Waals surface area contributed by atoms with Gasteiger partial charge in [0.05, 0.1) is 0 Å². The third kappa shape index (κ3) is 3.13. The van der Waals surface area contributed by atoms with Gasteiger partial charge in [-0.25, -0.2) is 0 Å². The number of anilines is 1. The van der Waals surface area contributed by atoms with Crippen LogP contribution in [0.3, 0.4) is 0 Å². The highest BCUT2D eigenvalue weighted by Crippen LogP contribution is 2.33. The van der Waals surface area contributed by atoms with Gasteiger partial charge in [-0.1, -0.05) is 31.4 Å². The number of rotatable bonds is 2. The van der Waals surface area contributed by atoms with Crippen molar-refractivity contribution in [2.24, 2.45) is 0 Å². The molecule has 0 spiro atoms. The van der Waals surface area contributed by atoms with Crippen LogP contribution in [0.5, 0.6) is 0 Å². The molecule has 1 nitrogen and oxygen atoms in total. The second-order valence-corrected chi connectivity index (χ2v) is 4.21. The van der Waals surface area contributed by atoms with Gasteiger partial charge in [0.15, 0.2) is 0 Å². The van der Waals surface area contributed by atoms with Crippen molar-refractivity contribution in [1.82, 2.24) is 0 Å². The quantitative estimate of drug-likeness (QED) is 0.796. The Labute approximate surface area is 98.7 Å². The lowest BCUT2D eigenvalue weighted by molar-refractivity contribution is 0.444. The zero-order chi connectivity index (χ0) is 9.80. The molecule has 0 atom stereocenters. The van der Waals surface area contributed by atoms with Gasteiger partial charge in [-0.2, -0.15) is 0 Å². The largest absolute Gasteiger partial charge is 0.388 e. The summed E-state index contributed by atoms with van der Waals surface area (Å²) >= 11 is 0. The van der Waals surface area contributed by atoms with Crippen molar-refractivity contribution in [1.29, 1.82) is 0 Å². The average molecular weight is 226 g/mol. The first-order valence-corrected chi connectivity index (χ1v) is 5.68. The lowest BCUT2D eigenvalue weighted by Gasteiger charge is -2.22. The third-order valence-corrected chi connectivity index (χ3v) is 3.25. The Morgan fingerprint density at radius 3 is 2.53 bits per heavy atom. The van der Waals surface area contributed by atoms with Crippen molar-refractivity contribution in [2.75, 3.05) is 12.4 Å². The van der Waals surface area contributed by atoms with Gasteiger partial charge in [-0.05, 0) is 36.5 Å². The van der Waals surface area contributed by atoms with E-state index in [2.05, 4.69) is 29.6 Å². The minimum Gasteiger partial charge on any atom is -0.388 e. The summed E-state index contributed by atoms with van der Waals surface area (Å²) in [6, 6.07) is 8.87. The van der Waals surface area contributed by atoms with E-state index in [0.717, 1.165) is 5.92 Å². The molecule has 1 saturated carbocycles. The summed E-state index contributed by atoms with van der Waals surface area (Å²) in [5, 5.41) is 3.21. The second-order valence-electron chi connectivity index (χ2n) is 4.21. The fourth-order valence-electron chi connectivity index (χ4n) is 2.38. The molecule has 1 aliphatic rings. The second kappa shape index (κ2) is 6.02. The maximum absolute atomic E-state index is 3.21. The van der Waals surface area contributed by atoms with Crippen LogP contribution in [-0.4, -0.2) is 7.05 Å².